The van der Waals surface area contributed by atoms with E-state index in [9.17, 15) is 0 Å². The first-order valence-electron chi connectivity index (χ1n) is 6.29. The van der Waals surface area contributed by atoms with Crippen LogP contribution in [0.5, 0.6) is 0 Å². The van der Waals surface area contributed by atoms with Crippen LogP contribution in [-0.4, -0.2) is 50.0 Å². The zero-order valence-corrected chi connectivity index (χ0v) is 11.9. The molecule has 20 heavy (non-hydrogen) atoms. The molecule has 2 aromatic rings. The molecule has 0 fully saturated rings. The molecule has 0 unspecified atom stereocenters. The molecule has 0 atom stereocenters. The summed E-state index contributed by atoms with van der Waals surface area (Å²) in [5.74, 6) is 0.770. The molecule has 108 valence electrons. The maximum atomic E-state index is 5.87. The van der Waals surface area contributed by atoms with Gasteiger partial charge < -0.3 is 10.1 Å². The topological polar surface area (TPSA) is 90.6 Å². The number of methoxy groups -OCH3 is 1. The summed E-state index contributed by atoms with van der Waals surface area (Å²) in [7, 11) is 1.71. The summed E-state index contributed by atoms with van der Waals surface area (Å²) in [6.07, 6.45) is 6.03. The van der Waals surface area contributed by atoms with Crippen LogP contribution in [0.4, 0.5) is 5.95 Å². The number of unbranched alkanes of at least 4 members (excludes halogenated alkanes) is 2. The number of nitrogens with one attached hydrogen (secondary N) is 1. The van der Waals surface area contributed by atoms with Gasteiger partial charge in [0.25, 0.3) is 5.95 Å². The third kappa shape index (κ3) is 4.39. The van der Waals surface area contributed by atoms with E-state index in [1.54, 1.807) is 7.11 Å². The number of rotatable bonds is 8. The minimum absolute atomic E-state index is 0.118. The highest BCUT2D eigenvalue weighted by molar-refractivity contribution is 6.28. The molecule has 0 saturated heterocycles. The van der Waals surface area contributed by atoms with E-state index in [1.165, 1.54) is 17.3 Å². The normalized spacial score (nSPS) is 10.7. The number of hydrogen-bond donors (Lipinski definition) is 1. The van der Waals surface area contributed by atoms with Crippen molar-refractivity contribution in [3.05, 3.63) is 17.9 Å². The molecule has 0 aromatic carbocycles. The van der Waals surface area contributed by atoms with Crippen LogP contribution < -0.4 is 5.32 Å². The van der Waals surface area contributed by atoms with Gasteiger partial charge in [0.1, 0.15) is 12.7 Å². The van der Waals surface area contributed by atoms with Crippen molar-refractivity contribution in [3.8, 4) is 5.95 Å². The van der Waals surface area contributed by atoms with Gasteiger partial charge in [-0.3, -0.25) is 0 Å². The molecule has 2 heterocycles. The lowest BCUT2D eigenvalue weighted by Crippen LogP contribution is -2.10. The molecule has 0 aliphatic heterocycles. The van der Waals surface area contributed by atoms with E-state index in [4.69, 9.17) is 16.3 Å². The molecule has 0 aliphatic rings. The largest absolute Gasteiger partial charge is 0.385 e. The van der Waals surface area contributed by atoms with Crippen LogP contribution in [0.25, 0.3) is 5.95 Å². The quantitative estimate of drug-likeness (QED) is 0.735. The van der Waals surface area contributed by atoms with Gasteiger partial charge in [-0.25, -0.2) is 4.98 Å². The van der Waals surface area contributed by atoms with E-state index in [1.807, 2.05) is 0 Å². The fourth-order valence-corrected chi connectivity index (χ4v) is 1.74. The molecule has 0 saturated carbocycles. The van der Waals surface area contributed by atoms with Gasteiger partial charge in [-0.05, 0) is 30.9 Å². The fourth-order valence-electron chi connectivity index (χ4n) is 1.58. The molecule has 0 radical (unpaired) electrons. The summed E-state index contributed by atoms with van der Waals surface area (Å²) in [5, 5.41) is 7.19. The smallest absolute Gasteiger partial charge is 0.258 e. The molecule has 1 N–H and O–H groups in total. The van der Waals surface area contributed by atoms with Crippen molar-refractivity contribution < 1.29 is 4.74 Å². The average molecular weight is 298 g/mol. The van der Waals surface area contributed by atoms with Crippen LogP contribution >= 0.6 is 11.6 Å². The highest BCUT2D eigenvalue weighted by atomic mass is 35.5. The van der Waals surface area contributed by atoms with Crippen LogP contribution in [0, 0.1) is 0 Å². The van der Waals surface area contributed by atoms with Gasteiger partial charge in [0, 0.05) is 20.3 Å². The van der Waals surface area contributed by atoms with Crippen LogP contribution in [-0.2, 0) is 4.74 Å². The van der Waals surface area contributed by atoms with E-state index >= 15 is 0 Å². The Morgan fingerprint density at radius 3 is 2.90 bits per heavy atom. The van der Waals surface area contributed by atoms with Gasteiger partial charge in [-0.15, -0.1) is 0 Å². The van der Waals surface area contributed by atoms with E-state index in [-0.39, 0.29) is 5.28 Å². The van der Waals surface area contributed by atoms with Crippen LogP contribution in [0.15, 0.2) is 12.7 Å². The Morgan fingerprint density at radius 1 is 1.25 bits per heavy atom. The second-order valence-electron chi connectivity index (χ2n) is 4.05. The van der Waals surface area contributed by atoms with Gasteiger partial charge in [-0.2, -0.15) is 24.7 Å². The van der Waals surface area contributed by atoms with E-state index in [2.05, 4.69) is 30.4 Å². The first-order valence-corrected chi connectivity index (χ1v) is 6.67. The van der Waals surface area contributed by atoms with Gasteiger partial charge >= 0.3 is 0 Å². The number of nitrogens with zero attached hydrogens (tertiary/aromatic N) is 6. The SMILES string of the molecule is COCCCCCNc1nc(Cl)nc(-n2cncn2)n1. The van der Waals surface area contributed by atoms with Crippen LogP contribution in [0.1, 0.15) is 19.3 Å². The number of halogens is 1. The summed E-state index contributed by atoms with van der Waals surface area (Å²) < 4.78 is 6.42. The highest BCUT2D eigenvalue weighted by Crippen LogP contribution is 2.08. The molecular weight excluding hydrogens is 282 g/mol. The lowest BCUT2D eigenvalue weighted by Gasteiger charge is -2.06. The maximum absolute atomic E-state index is 5.87. The minimum Gasteiger partial charge on any atom is -0.385 e. The van der Waals surface area contributed by atoms with E-state index < -0.39 is 0 Å². The summed E-state index contributed by atoms with van der Waals surface area (Å²) in [4.78, 5) is 16.1. The van der Waals surface area contributed by atoms with Crippen LogP contribution in [0.3, 0.4) is 0 Å². The second kappa shape index (κ2) is 7.71. The van der Waals surface area contributed by atoms with Crippen molar-refractivity contribution >= 4 is 17.5 Å². The molecule has 0 aliphatic carbocycles. The summed E-state index contributed by atoms with van der Waals surface area (Å²) in [6.45, 7) is 1.55. The summed E-state index contributed by atoms with van der Waals surface area (Å²) in [5.41, 5.74) is 0. The number of anilines is 1. The first-order chi connectivity index (χ1) is 9.79. The number of hydrogen-bond acceptors (Lipinski definition) is 7. The molecule has 8 nitrogen and oxygen atoms in total. The summed E-state index contributed by atoms with van der Waals surface area (Å²) in [6, 6.07) is 0. The Bertz CT molecular complexity index is 519. The molecule has 0 bridgehead atoms. The third-order valence-corrected chi connectivity index (χ3v) is 2.70. The third-order valence-electron chi connectivity index (χ3n) is 2.53. The zero-order chi connectivity index (χ0) is 14.2. The number of aromatic nitrogens is 6. The Labute approximate surface area is 121 Å². The second-order valence-corrected chi connectivity index (χ2v) is 4.39. The van der Waals surface area contributed by atoms with Crippen molar-refractivity contribution in [1.29, 1.82) is 0 Å². The maximum Gasteiger partial charge on any atom is 0.258 e. The zero-order valence-electron chi connectivity index (χ0n) is 11.2. The Morgan fingerprint density at radius 2 is 2.15 bits per heavy atom. The Kier molecular flexibility index (Phi) is 5.63. The predicted molar refractivity (Wildman–Crippen MR) is 74.0 cm³/mol. The molecule has 9 heteroatoms. The monoisotopic (exact) mass is 297 g/mol. The lowest BCUT2D eigenvalue weighted by atomic mass is 10.2. The summed E-state index contributed by atoms with van der Waals surface area (Å²) >= 11 is 5.87. The van der Waals surface area contributed by atoms with E-state index in [0.29, 0.717) is 11.9 Å². The van der Waals surface area contributed by atoms with Gasteiger partial charge in [0.15, 0.2) is 0 Å². The van der Waals surface area contributed by atoms with Gasteiger partial charge in [0.2, 0.25) is 11.2 Å². The first kappa shape index (κ1) is 14.6. The molecule has 0 amide bonds. The van der Waals surface area contributed by atoms with Crippen LogP contribution in [0.2, 0.25) is 5.28 Å². The highest BCUT2D eigenvalue weighted by Gasteiger charge is 2.06. The number of ether oxygens (including phenoxy) is 1. The molecule has 2 rings (SSSR count). The van der Waals surface area contributed by atoms with Gasteiger partial charge in [0.05, 0.1) is 0 Å². The minimum atomic E-state index is 0.118. The Balaban J connectivity index is 1.88. The lowest BCUT2D eigenvalue weighted by molar-refractivity contribution is 0.192. The van der Waals surface area contributed by atoms with Crippen molar-refractivity contribution in [3.63, 3.8) is 0 Å². The molecule has 2 aromatic heterocycles. The fraction of sp³-hybridized carbons (Fsp3) is 0.545. The Hall–Kier alpha value is -1.80. The standard InChI is InChI=1S/C11H16ClN7O/c1-20-6-4-2-3-5-14-10-16-9(12)17-11(18-10)19-8-13-7-15-19/h7-8H,2-6H2,1H3,(H,14,16,17,18). The van der Waals surface area contributed by atoms with Crippen molar-refractivity contribution in [2.24, 2.45) is 0 Å². The van der Waals surface area contributed by atoms with Gasteiger partial charge in [-0.1, -0.05) is 0 Å². The molecule has 0 spiro atoms. The van der Waals surface area contributed by atoms with Crippen molar-refractivity contribution in [2.75, 3.05) is 25.6 Å². The van der Waals surface area contributed by atoms with Crippen molar-refractivity contribution in [2.45, 2.75) is 19.3 Å². The molecular formula is C11H16ClN7O. The van der Waals surface area contributed by atoms with E-state index in [0.717, 1.165) is 32.4 Å². The van der Waals surface area contributed by atoms with Crippen molar-refractivity contribution in [1.82, 2.24) is 29.7 Å². The predicted octanol–water partition coefficient (Wildman–Crippen LogP) is 1.33. The average Bonchev–Trinajstić information content (AvgIpc) is 2.96.